The van der Waals surface area contributed by atoms with Gasteiger partial charge in [0, 0.05) is 42.8 Å². The normalized spacial score (nSPS) is 24.4. The molecule has 2 amide bonds. The van der Waals surface area contributed by atoms with E-state index >= 15 is 0 Å². The van der Waals surface area contributed by atoms with E-state index < -0.39 is 0 Å². The van der Waals surface area contributed by atoms with Gasteiger partial charge in [0.25, 0.3) is 5.91 Å². The lowest BCUT2D eigenvalue weighted by molar-refractivity contribution is -0.133. The van der Waals surface area contributed by atoms with Crippen LogP contribution >= 0.6 is 12.4 Å². The van der Waals surface area contributed by atoms with E-state index in [9.17, 15) is 9.59 Å². The fourth-order valence-electron chi connectivity index (χ4n) is 3.66. The van der Waals surface area contributed by atoms with Crippen LogP contribution in [0.5, 0.6) is 5.75 Å². The summed E-state index contributed by atoms with van der Waals surface area (Å²) in [6.45, 7) is 1.61. The van der Waals surface area contributed by atoms with Crippen molar-refractivity contribution in [3.63, 3.8) is 0 Å². The summed E-state index contributed by atoms with van der Waals surface area (Å²) >= 11 is 0. The van der Waals surface area contributed by atoms with Crippen LogP contribution in [0.4, 0.5) is 5.69 Å². The third-order valence-electron chi connectivity index (χ3n) is 5.29. The number of anilines is 1. The summed E-state index contributed by atoms with van der Waals surface area (Å²) in [5.74, 6) is 0.872. The number of nitrogens with one attached hydrogen (secondary N) is 2. The van der Waals surface area contributed by atoms with Crippen LogP contribution in [-0.2, 0) is 9.59 Å². The predicted molar refractivity (Wildman–Crippen MR) is 102 cm³/mol. The van der Waals surface area contributed by atoms with E-state index in [0.717, 1.165) is 44.5 Å². The summed E-state index contributed by atoms with van der Waals surface area (Å²) in [5.41, 5.74) is 0.720. The standard InChI is InChI=1S/C19H25N3O3.ClH/c23-18(22-9-8-14-6-7-16(11-22)20-14)12-25-17-3-1-2-15(10-17)21-19(24)13-4-5-13;/h1-3,10,13-14,16,20H,4-9,11-12H2,(H,21,24);1H. The molecular weight excluding hydrogens is 354 g/mol. The zero-order valence-corrected chi connectivity index (χ0v) is 15.6. The molecule has 2 bridgehead atoms. The van der Waals surface area contributed by atoms with Crippen molar-refractivity contribution in [3.05, 3.63) is 24.3 Å². The minimum atomic E-state index is 0. The second-order valence-corrected chi connectivity index (χ2v) is 7.35. The molecule has 2 saturated heterocycles. The van der Waals surface area contributed by atoms with Gasteiger partial charge >= 0.3 is 0 Å². The third-order valence-corrected chi connectivity index (χ3v) is 5.29. The van der Waals surface area contributed by atoms with Crippen molar-refractivity contribution >= 4 is 29.9 Å². The van der Waals surface area contributed by atoms with E-state index in [1.54, 1.807) is 6.07 Å². The van der Waals surface area contributed by atoms with Crippen molar-refractivity contribution in [2.45, 2.75) is 44.2 Å². The second kappa shape index (κ2) is 8.27. The minimum Gasteiger partial charge on any atom is -0.484 e. The quantitative estimate of drug-likeness (QED) is 0.822. The Morgan fingerprint density at radius 3 is 2.77 bits per heavy atom. The number of halogens is 1. The van der Waals surface area contributed by atoms with Crippen LogP contribution in [0.3, 0.4) is 0 Å². The fraction of sp³-hybridized carbons (Fsp3) is 0.579. The van der Waals surface area contributed by atoms with E-state index in [0.29, 0.717) is 17.8 Å². The van der Waals surface area contributed by atoms with Crippen molar-refractivity contribution in [2.24, 2.45) is 5.92 Å². The molecule has 6 nitrogen and oxygen atoms in total. The zero-order valence-electron chi connectivity index (χ0n) is 14.8. The molecule has 1 saturated carbocycles. The Labute approximate surface area is 160 Å². The number of likely N-dealkylation sites (tertiary alicyclic amines) is 1. The number of benzene rings is 1. The highest BCUT2D eigenvalue weighted by Gasteiger charge is 2.31. The SMILES string of the molecule is Cl.O=C(Nc1cccc(OCC(=O)N2CCC3CCC(C2)N3)c1)C1CC1. The number of hydrogen-bond acceptors (Lipinski definition) is 4. The van der Waals surface area contributed by atoms with E-state index in [4.69, 9.17) is 4.74 Å². The average Bonchev–Trinajstić information content (AvgIpc) is 3.38. The number of hydrogen-bond donors (Lipinski definition) is 2. The first-order chi connectivity index (χ1) is 12.2. The summed E-state index contributed by atoms with van der Waals surface area (Å²) in [6.07, 6.45) is 5.34. The first-order valence-corrected chi connectivity index (χ1v) is 9.25. The molecule has 1 aliphatic carbocycles. The van der Waals surface area contributed by atoms with Crippen molar-refractivity contribution < 1.29 is 14.3 Å². The molecular formula is C19H26ClN3O3. The minimum absolute atomic E-state index is 0. The average molecular weight is 380 g/mol. The molecule has 142 valence electrons. The van der Waals surface area contributed by atoms with Crippen LogP contribution in [-0.4, -0.2) is 48.5 Å². The number of amides is 2. The van der Waals surface area contributed by atoms with Gasteiger partial charge < -0.3 is 20.3 Å². The molecule has 2 N–H and O–H groups in total. The maximum absolute atomic E-state index is 12.5. The highest BCUT2D eigenvalue weighted by molar-refractivity contribution is 5.94. The monoisotopic (exact) mass is 379 g/mol. The lowest BCUT2D eigenvalue weighted by Crippen LogP contribution is -2.41. The van der Waals surface area contributed by atoms with E-state index in [-0.39, 0.29) is 36.7 Å². The predicted octanol–water partition coefficient (Wildman–Crippen LogP) is 2.19. The maximum atomic E-state index is 12.5. The van der Waals surface area contributed by atoms with Crippen molar-refractivity contribution in [1.29, 1.82) is 0 Å². The van der Waals surface area contributed by atoms with Gasteiger partial charge in [-0.2, -0.15) is 0 Å². The molecule has 4 rings (SSSR count). The Bertz CT molecular complexity index is 665. The first kappa shape index (κ1) is 19.0. The summed E-state index contributed by atoms with van der Waals surface area (Å²) in [4.78, 5) is 26.2. The summed E-state index contributed by atoms with van der Waals surface area (Å²) in [7, 11) is 0. The molecule has 2 unspecified atom stereocenters. The molecule has 0 aromatic heterocycles. The van der Waals surface area contributed by atoms with Gasteiger partial charge in [-0.15, -0.1) is 12.4 Å². The van der Waals surface area contributed by atoms with Crippen LogP contribution in [0, 0.1) is 5.92 Å². The van der Waals surface area contributed by atoms with E-state index in [2.05, 4.69) is 10.6 Å². The van der Waals surface area contributed by atoms with E-state index in [1.807, 2.05) is 23.1 Å². The lowest BCUT2D eigenvalue weighted by Gasteiger charge is -2.24. The summed E-state index contributed by atoms with van der Waals surface area (Å²) < 4.78 is 5.68. The molecule has 0 radical (unpaired) electrons. The Balaban J connectivity index is 0.00000196. The Morgan fingerprint density at radius 1 is 1.15 bits per heavy atom. The topological polar surface area (TPSA) is 70.7 Å². The van der Waals surface area contributed by atoms with Gasteiger partial charge in [-0.1, -0.05) is 6.07 Å². The second-order valence-electron chi connectivity index (χ2n) is 7.35. The van der Waals surface area contributed by atoms with Crippen LogP contribution in [0.25, 0.3) is 0 Å². The number of carbonyl (C=O) groups excluding carboxylic acids is 2. The third kappa shape index (κ3) is 4.68. The van der Waals surface area contributed by atoms with Crippen molar-refractivity contribution in [2.75, 3.05) is 25.0 Å². The molecule has 1 aromatic rings. The fourth-order valence-corrected chi connectivity index (χ4v) is 3.66. The molecule has 26 heavy (non-hydrogen) atoms. The number of carbonyl (C=O) groups is 2. The molecule has 1 aromatic carbocycles. The highest BCUT2D eigenvalue weighted by atomic mass is 35.5. The van der Waals surface area contributed by atoms with Crippen molar-refractivity contribution in [3.8, 4) is 5.75 Å². The molecule has 3 fully saturated rings. The van der Waals surface area contributed by atoms with Gasteiger partial charge in [0.1, 0.15) is 5.75 Å². The number of ether oxygens (including phenoxy) is 1. The van der Waals surface area contributed by atoms with Crippen LogP contribution < -0.4 is 15.4 Å². The Kier molecular flexibility index (Phi) is 6.04. The number of fused-ring (bicyclic) bond motifs is 2. The molecule has 7 heteroatoms. The van der Waals surface area contributed by atoms with Crippen LogP contribution in [0.2, 0.25) is 0 Å². The maximum Gasteiger partial charge on any atom is 0.260 e. The lowest BCUT2D eigenvalue weighted by atomic mass is 10.1. The molecule has 0 spiro atoms. The summed E-state index contributed by atoms with van der Waals surface area (Å²) in [6, 6.07) is 8.25. The molecule has 3 aliphatic rings. The highest BCUT2D eigenvalue weighted by Crippen LogP contribution is 2.30. The number of nitrogens with zero attached hydrogens (tertiary/aromatic N) is 1. The Morgan fingerprint density at radius 2 is 1.96 bits per heavy atom. The van der Waals surface area contributed by atoms with Crippen molar-refractivity contribution in [1.82, 2.24) is 10.2 Å². The number of rotatable bonds is 5. The van der Waals surface area contributed by atoms with Gasteiger partial charge in [0.15, 0.2) is 6.61 Å². The largest absolute Gasteiger partial charge is 0.484 e. The Hall–Kier alpha value is -1.79. The van der Waals surface area contributed by atoms with Gasteiger partial charge in [-0.05, 0) is 44.2 Å². The van der Waals surface area contributed by atoms with Gasteiger partial charge in [0.2, 0.25) is 5.91 Å². The molecule has 2 heterocycles. The molecule has 2 atom stereocenters. The van der Waals surface area contributed by atoms with Crippen LogP contribution in [0.15, 0.2) is 24.3 Å². The van der Waals surface area contributed by atoms with E-state index in [1.165, 1.54) is 6.42 Å². The smallest absolute Gasteiger partial charge is 0.260 e. The van der Waals surface area contributed by atoms with Gasteiger partial charge in [-0.3, -0.25) is 9.59 Å². The van der Waals surface area contributed by atoms with Gasteiger partial charge in [0.05, 0.1) is 0 Å². The first-order valence-electron chi connectivity index (χ1n) is 9.25. The molecule has 2 aliphatic heterocycles. The van der Waals surface area contributed by atoms with Gasteiger partial charge in [-0.25, -0.2) is 0 Å². The summed E-state index contributed by atoms with van der Waals surface area (Å²) in [5, 5.41) is 6.48. The zero-order chi connectivity index (χ0) is 17.2. The van der Waals surface area contributed by atoms with Crippen LogP contribution in [0.1, 0.15) is 32.1 Å².